The highest BCUT2D eigenvalue weighted by Gasteiger charge is 2.33. The number of anilines is 3. The molecule has 0 aliphatic carbocycles. The van der Waals surface area contributed by atoms with Gasteiger partial charge in [0, 0.05) is 42.1 Å². The number of ether oxygens (including phenoxy) is 1. The summed E-state index contributed by atoms with van der Waals surface area (Å²) in [6.07, 6.45) is -9.93. The number of hydrogen-bond acceptors (Lipinski definition) is 5. The van der Waals surface area contributed by atoms with E-state index in [0.717, 1.165) is 48.5 Å². The number of carbonyl (C=O) groups excluding carboxylic acids is 3. The van der Waals surface area contributed by atoms with Crippen molar-refractivity contribution in [1.82, 2.24) is 9.80 Å². The monoisotopic (exact) mass is 695 g/mol. The van der Waals surface area contributed by atoms with E-state index in [1.165, 1.54) is 35.0 Å². The molecular weight excluding hydrogens is 660 g/mol. The fraction of sp³-hybridized carbons (Fsp3) is 0.364. The molecule has 16 heteroatoms. The minimum atomic E-state index is -4.53. The number of carbonyl (C=O) groups is 3. The summed E-state index contributed by atoms with van der Waals surface area (Å²) in [6.45, 7) is 3.32. The van der Waals surface area contributed by atoms with E-state index >= 15 is 0 Å². The lowest BCUT2D eigenvalue weighted by atomic mass is 10.0. The molecule has 0 aromatic heterocycles. The number of nitrogens with one attached hydrogen (secondary N) is 3. The van der Waals surface area contributed by atoms with Gasteiger partial charge in [-0.2, -0.15) is 26.3 Å². The first-order chi connectivity index (χ1) is 22.9. The molecular formula is C33H35F6N5O5. The highest BCUT2D eigenvalue weighted by atomic mass is 19.4. The summed E-state index contributed by atoms with van der Waals surface area (Å²) in [5.74, 6) is -0.426. The number of urea groups is 2. The molecule has 1 aliphatic rings. The maximum atomic E-state index is 13.5. The SMILES string of the molecule is C[C@H](CO)N1C[C@H](C)[C@@H](CN(C)C(=O)Nc2ccc(C(F)(F)F)cc2)Oc2ccc(NC(=O)Nc3ccc(C(F)(F)F)cc3)cc2CC1=O. The minimum absolute atomic E-state index is 0.00184. The van der Waals surface area contributed by atoms with Crippen LogP contribution in [-0.2, 0) is 23.6 Å². The zero-order valence-corrected chi connectivity index (χ0v) is 26.7. The van der Waals surface area contributed by atoms with Gasteiger partial charge < -0.3 is 35.6 Å². The lowest BCUT2D eigenvalue weighted by Crippen LogP contribution is -2.48. The first kappa shape index (κ1) is 36.8. The van der Waals surface area contributed by atoms with Crippen LogP contribution in [0.25, 0.3) is 0 Å². The third-order valence-corrected chi connectivity index (χ3v) is 7.91. The number of benzene rings is 3. The Morgan fingerprint density at radius 2 is 1.41 bits per heavy atom. The van der Waals surface area contributed by atoms with Crippen molar-refractivity contribution in [3.63, 3.8) is 0 Å². The Kier molecular flexibility index (Phi) is 11.3. The van der Waals surface area contributed by atoms with E-state index in [1.807, 2.05) is 6.92 Å². The van der Waals surface area contributed by atoms with Crippen molar-refractivity contribution in [2.75, 3.05) is 42.7 Å². The van der Waals surface area contributed by atoms with E-state index < -0.39 is 47.7 Å². The van der Waals surface area contributed by atoms with Gasteiger partial charge in [0.2, 0.25) is 5.91 Å². The molecule has 10 nitrogen and oxygen atoms in total. The van der Waals surface area contributed by atoms with Crippen LogP contribution < -0.4 is 20.7 Å². The number of halogens is 6. The highest BCUT2D eigenvalue weighted by molar-refractivity contribution is 6.00. The molecule has 4 rings (SSSR count). The maximum absolute atomic E-state index is 13.5. The van der Waals surface area contributed by atoms with Crippen LogP contribution in [0.4, 0.5) is 53.0 Å². The molecule has 1 heterocycles. The van der Waals surface area contributed by atoms with E-state index in [2.05, 4.69) is 16.0 Å². The number of amides is 5. The first-order valence-electron chi connectivity index (χ1n) is 15.1. The zero-order chi connectivity index (χ0) is 36.1. The van der Waals surface area contributed by atoms with Gasteiger partial charge in [-0.1, -0.05) is 6.92 Å². The summed E-state index contributed by atoms with van der Waals surface area (Å²) in [5.41, 5.74) is -0.844. The zero-order valence-electron chi connectivity index (χ0n) is 26.7. The van der Waals surface area contributed by atoms with Gasteiger partial charge in [-0.15, -0.1) is 0 Å². The molecule has 0 bridgehead atoms. The second-order valence-electron chi connectivity index (χ2n) is 11.8. The summed E-state index contributed by atoms with van der Waals surface area (Å²) >= 11 is 0. The summed E-state index contributed by atoms with van der Waals surface area (Å²) in [7, 11) is 1.48. The van der Waals surface area contributed by atoms with Crippen LogP contribution >= 0.6 is 0 Å². The third-order valence-electron chi connectivity index (χ3n) is 7.91. The van der Waals surface area contributed by atoms with E-state index in [0.29, 0.717) is 5.56 Å². The van der Waals surface area contributed by atoms with Crippen LogP contribution in [0.15, 0.2) is 66.7 Å². The van der Waals surface area contributed by atoms with Crippen molar-refractivity contribution in [3.05, 3.63) is 83.4 Å². The van der Waals surface area contributed by atoms with Gasteiger partial charge in [-0.3, -0.25) is 4.79 Å². The molecule has 3 aromatic carbocycles. The molecule has 3 aromatic rings. The van der Waals surface area contributed by atoms with Gasteiger partial charge in [0.1, 0.15) is 11.9 Å². The summed E-state index contributed by atoms with van der Waals surface area (Å²) in [5, 5.41) is 17.4. The van der Waals surface area contributed by atoms with Crippen LogP contribution in [0.2, 0.25) is 0 Å². The van der Waals surface area contributed by atoms with Gasteiger partial charge in [0.15, 0.2) is 0 Å². The predicted molar refractivity (Wildman–Crippen MR) is 169 cm³/mol. The largest absolute Gasteiger partial charge is 0.488 e. The topological polar surface area (TPSA) is 123 Å². The molecule has 0 radical (unpaired) electrons. The van der Waals surface area contributed by atoms with Gasteiger partial charge in [-0.25, -0.2) is 9.59 Å². The van der Waals surface area contributed by atoms with Gasteiger partial charge in [0.25, 0.3) is 0 Å². The molecule has 0 fully saturated rings. The van der Waals surface area contributed by atoms with E-state index in [1.54, 1.807) is 6.92 Å². The van der Waals surface area contributed by atoms with Crippen LogP contribution in [0, 0.1) is 5.92 Å². The molecule has 1 aliphatic heterocycles. The lowest BCUT2D eigenvalue weighted by molar-refractivity contribution is -0.138. The number of fused-ring (bicyclic) bond motifs is 1. The number of aliphatic hydroxyl groups is 1. The molecule has 0 saturated heterocycles. The lowest BCUT2D eigenvalue weighted by Gasteiger charge is -2.34. The Morgan fingerprint density at radius 1 is 0.898 bits per heavy atom. The Bertz CT molecular complexity index is 1630. The molecule has 0 unspecified atom stereocenters. The van der Waals surface area contributed by atoms with Crippen molar-refractivity contribution >= 4 is 35.0 Å². The van der Waals surface area contributed by atoms with Crippen molar-refractivity contribution in [2.45, 2.75) is 44.8 Å². The number of rotatable bonds is 7. The van der Waals surface area contributed by atoms with Crippen LogP contribution in [0.1, 0.15) is 30.5 Å². The summed E-state index contributed by atoms with van der Waals surface area (Å²) in [4.78, 5) is 41.9. The highest BCUT2D eigenvalue weighted by Crippen LogP contribution is 2.32. The second-order valence-corrected chi connectivity index (χ2v) is 11.8. The molecule has 4 N–H and O–H groups in total. The van der Waals surface area contributed by atoms with Crippen molar-refractivity contribution in [3.8, 4) is 5.75 Å². The van der Waals surface area contributed by atoms with E-state index in [9.17, 15) is 45.8 Å². The van der Waals surface area contributed by atoms with Crippen molar-refractivity contribution < 1.29 is 50.6 Å². The number of nitrogens with zero attached hydrogens (tertiary/aromatic N) is 2. The van der Waals surface area contributed by atoms with Gasteiger partial charge in [0.05, 0.1) is 36.7 Å². The van der Waals surface area contributed by atoms with Crippen molar-refractivity contribution in [1.29, 1.82) is 0 Å². The number of aliphatic hydroxyl groups excluding tert-OH is 1. The average molecular weight is 696 g/mol. The maximum Gasteiger partial charge on any atom is 0.416 e. The minimum Gasteiger partial charge on any atom is -0.488 e. The van der Waals surface area contributed by atoms with Gasteiger partial charge in [-0.05, 0) is 73.7 Å². The molecule has 49 heavy (non-hydrogen) atoms. The Balaban J connectivity index is 1.52. The molecule has 5 amide bonds. The van der Waals surface area contributed by atoms with Crippen LogP contribution in [-0.4, -0.2) is 71.8 Å². The molecule has 3 atom stereocenters. The molecule has 0 spiro atoms. The Hall–Kier alpha value is -4.99. The quantitative estimate of drug-likeness (QED) is 0.206. The van der Waals surface area contributed by atoms with Gasteiger partial charge >= 0.3 is 24.4 Å². The third kappa shape index (κ3) is 9.78. The number of alkyl halides is 6. The summed E-state index contributed by atoms with van der Waals surface area (Å²) < 4.78 is 83.7. The number of hydrogen-bond donors (Lipinski definition) is 4. The normalized spacial score (nSPS) is 17.4. The number of likely N-dealkylation sites (N-methyl/N-ethyl adjacent to an activating group) is 1. The molecule has 0 saturated carbocycles. The fourth-order valence-electron chi connectivity index (χ4n) is 5.08. The first-order valence-corrected chi connectivity index (χ1v) is 15.1. The van der Waals surface area contributed by atoms with Crippen molar-refractivity contribution in [2.24, 2.45) is 5.92 Å². The smallest absolute Gasteiger partial charge is 0.416 e. The predicted octanol–water partition coefficient (Wildman–Crippen LogP) is 6.68. The van der Waals surface area contributed by atoms with E-state index in [-0.39, 0.29) is 60.8 Å². The second kappa shape index (κ2) is 15.1. The fourth-order valence-corrected chi connectivity index (χ4v) is 5.08. The molecule has 264 valence electrons. The summed E-state index contributed by atoms with van der Waals surface area (Å²) in [6, 6.07) is 10.5. The van der Waals surface area contributed by atoms with E-state index in [4.69, 9.17) is 4.74 Å². The Labute approximate surface area is 278 Å². The Morgan fingerprint density at radius 3 is 1.94 bits per heavy atom. The average Bonchev–Trinajstić information content (AvgIpc) is 3.07. The standard InChI is InChI=1S/C33H35F6N5O5/c1-19-16-44(20(2)18-45)29(46)15-21-14-26(41-30(47)40-24-8-4-22(5-9-24)32(34,35)36)12-13-27(21)49-28(19)17-43(3)31(48)42-25-10-6-23(7-11-25)33(37,38)39/h4-14,19-20,28,45H,15-18H2,1-3H3,(H,42,48)(H2,40,41,47)/t19-,20+,28+/m0/s1. The van der Waals surface area contributed by atoms with Crippen LogP contribution in [0.3, 0.4) is 0 Å². The van der Waals surface area contributed by atoms with Crippen LogP contribution in [0.5, 0.6) is 5.75 Å².